The summed E-state index contributed by atoms with van der Waals surface area (Å²) in [5.41, 5.74) is 2.21. The van der Waals surface area contributed by atoms with Crippen LogP contribution in [0.5, 0.6) is 5.75 Å². The fourth-order valence-electron chi connectivity index (χ4n) is 7.39. The van der Waals surface area contributed by atoms with Gasteiger partial charge in [0.25, 0.3) is 0 Å². The van der Waals surface area contributed by atoms with Crippen LogP contribution in [0.1, 0.15) is 78.5 Å². The average molecular weight is 780 g/mol. The Kier molecular flexibility index (Phi) is 11.3. The number of rotatable bonds is 13. The summed E-state index contributed by atoms with van der Waals surface area (Å²) in [6, 6.07) is 29.0. The molecule has 4 N–H and O–H groups in total. The number of nitrogens with zero attached hydrogens (tertiary/aromatic N) is 1. The van der Waals surface area contributed by atoms with Gasteiger partial charge in [-0.2, -0.15) is 0 Å². The van der Waals surface area contributed by atoms with Gasteiger partial charge in [-0.1, -0.05) is 86.6 Å². The van der Waals surface area contributed by atoms with Gasteiger partial charge in [-0.3, -0.25) is 23.9 Å². The molecule has 56 heavy (non-hydrogen) atoms. The normalized spacial score (nSPS) is 13.6. The first-order valence-electron chi connectivity index (χ1n) is 18.2. The number of ether oxygens (including phenoxy) is 1. The summed E-state index contributed by atoms with van der Waals surface area (Å²) in [7, 11) is -4.90. The number of nitrogens with one attached hydrogen (secondary N) is 2. The Bertz CT molecular complexity index is 2430. The molecule has 0 aliphatic heterocycles. The van der Waals surface area contributed by atoms with Crippen molar-refractivity contribution < 1.29 is 42.4 Å². The number of hydrogen-bond donors (Lipinski definition) is 4. The van der Waals surface area contributed by atoms with E-state index in [0.29, 0.717) is 38.9 Å². The van der Waals surface area contributed by atoms with Gasteiger partial charge in [0.2, 0.25) is 11.8 Å². The Morgan fingerprint density at radius 2 is 1.59 bits per heavy atom. The van der Waals surface area contributed by atoms with E-state index in [1.165, 1.54) is 4.57 Å². The monoisotopic (exact) mass is 779 g/mol. The molecule has 2 amide bonds. The Morgan fingerprint density at radius 1 is 0.911 bits per heavy atom. The lowest BCUT2D eigenvalue weighted by Gasteiger charge is -2.31. The smallest absolute Gasteiger partial charge is 0.457 e. The number of aryl methyl sites for hydroxylation is 2. The van der Waals surface area contributed by atoms with E-state index in [1.807, 2.05) is 100 Å². The lowest BCUT2D eigenvalue weighted by atomic mass is 9.78. The van der Waals surface area contributed by atoms with E-state index >= 15 is 0 Å². The van der Waals surface area contributed by atoms with E-state index in [-0.39, 0.29) is 31.1 Å². The number of fused-ring (bicyclic) bond motifs is 2. The topological polar surface area (TPSA) is 169 Å². The number of aromatic nitrogens is 1. The highest BCUT2D eigenvalue weighted by Gasteiger charge is 2.38. The highest BCUT2D eigenvalue weighted by Crippen LogP contribution is 2.45. The number of alkyl carbamates (subject to hydrolysis) is 1. The average Bonchev–Trinajstić information content (AvgIpc) is 3.71. The van der Waals surface area contributed by atoms with Crippen molar-refractivity contribution in [3.63, 3.8) is 0 Å². The molecule has 4 aromatic carbocycles. The van der Waals surface area contributed by atoms with E-state index in [4.69, 9.17) is 13.7 Å². The standard InChI is InChI=1S/C43H46N3O9P/c1-27-20-28(2)39(37(21-27)55-56(50,51)52)42(4,5)24-38(47)46-25-32(34-17-11-12-18-35(34)46)23-43(6,40(48)44-29(3)30-14-8-7-9-15-30)45-41(49)53-26-33-22-31-16-10-13-19-36(31)54-33/h7-22,25,29H,23-24,26H2,1-6H3,(H,44,48)(H,45,49)(H2,50,51,52)/t29-,43-/m1/s1. The molecule has 6 rings (SSSR count). The molecular formula is C43H46N3O9P. The molecule has 0 aliphatic carbocycles. The number of carbonyl (C=O) groups is 3. The van der Waals surface area contributed by atoms with E-state index < -0.39 is 36.8 Å². The van der Waals surface area contributed by atoms with E-state index in [0.717, 1.165) is 16.5 Å². The van der Waals surface area contributed by atoms with Crippen molar-refractivity contribution in [2.24, 2.45) is 0 Å². The van der Waals surface area contributed by atoms with Crippen LogP contribution < -0.4 is 15.2 Å². The first kappa shape index (κ1) is 40.0. The minimum atomic E-state index is -4.90. The molecule has 0 saturated carbocycles. The second-order valence-corrected chi connectivity index (χ2v) is 16.3. The Balaban J connectivity index is 1.30. The molecule has 0 fully saturated rings. The minimum absolute atomic E-state index is 0.0106. The zero-order valence-corrected chi connectivity index (χ0v) is 33.1. The number of para-hydroxylation sites is 2. The maximum absolute atomic E-state index is 14.3. The molecule has 13 heteroatoms. The lowest BCUT2D eigenvalue weighted by molar-refractivity contribution is -0.127. The molecule has 6 aromatic rings. The quantitative estimate of drug-likeness (QED) is 0.0839. The molecule has 0 spiro atoms. The minimum Gasteiger partial charge on any atom is -0.457 e. The number of hydrogen-bond acceptors (Lipinski definition) is 7. The molecule has 2 heterocycles. The SMILES string of the molecule is Cc1cc(C)c(C(C)(C)CC(=O)n2cc(C[C@@](C)(NC(=O)OCc3cc4ccccc4o3)C(=O)N[C@H](C)c3ccccc3)c3ccccc32)c(OP(=O)(O)O)c1. The second kappa shape index (κ2) is 15.8. The van der Waals surface area contributed by atoms with Crippen molar-refractivity contribution >= 4 is 47.6 Å². The molecule has 292 valence electrons. The highest BCUT2D eigenvalue weighted by atomic mass is 31.2. The van der Waals surface area contributed by atoms with Crippen LogP contribution in [0.15, 0.2) is 108 Å². The van der Waals surface area contributed by atoms with Crippen LogP contribution in [0.25, 0.3) is 21.9 Å². The Hall–Kier alpha value is -5.68. The number of benzene rings is 4. The zero-order chi connectivity index (χ0) is 40.4. The predicted octanol–water partition coefficient (Wildman–Crippen LogP) is 8.59. The van der Waals surface area contributed by atoms with E-state index in [9.17, 15) is 28.7 Å². The van der Waals surface area contributed by atoms with Crippen molar-refractivity contribution in [1.29, 1.82) is 0 Å². The zero-order valence-electron chi connectivity index (χ0n) is 32.2. The fraction of sp³-hybridized carbons (Fsp3) is 0.279. The first-order valence-corrected chi connectivity index (χ1v) is 19.7. The molecule has 0 bridgehead atoms. The van der Waals surface area contributed by atoms with Gasteiger partial charge in [0.05, 0.1) is 11.6 Å². The van der Waals surface area contributed by atoms with E-state index in [2.05, 4.69) is 10.6 Å². The van der Waals surface area contributed by atoms with Crippen molar-refractivity contribution in [3.8, 4) is 5.75 Å². The number of furan rings is 1. The van der Waals surface area contributed by atoms with Gasteiger partial charge in [0.15, 0.2) is 6.61 Å². The summed E-state index contributed by atoms with van der Waals surface area (Å²) in [5.74, 6) is -0.319. The summed E-state index contributed by atoms with van der Waals surface area (Å²) >= 11 is 0. The summed E-state index contributed by atoms with van der Waals surface area (Å²) in [4.78, 5) is 61.3. The first-order chi connectivity index (χ1) is 26.4. The van der Waals surface area contributed by atoms with Crippen LogP contribution in [0.3, 0.4) is 0 Å². The maximum atomic E-state index is 14.3. The van der Waals surface area contributed by atoms with Crippen molar-refractivity contribution in [3.05, 3.63) is 137 Å². The van der Waals surface area contributed by atoms with Gasteiger partial charge >= 0.3 is 13.9 Å². The summed E-state index contributed by atoms with van der Waals surface area (Å²) in [5, 5.41) is 7.42. The Morgan fingerprint density at radius 3 is 2.30 bits per heavy atom. The maximum Gasteiger partial charge on any atom is 0.524 e. The van der Waals surface area contributed by atoms with Crippen LogP contribution in [-0.2, 0) is 32.5 Å². The summed E-state index contributed by atoms with van der Waals surface area (Å²) in [6.45, 7) is 10.5. The number of phosphoric acid groups is 1. The van der Waals surface area contributed by atoms with Crippen LogP contribution in [0.2, 0.25) is 0 Å². The summed E-state index contributed by atoms with van der Waals surface area (Å²) < 4.78 is 29.9. The fourth-order valence-corrected chi connectivity index (χ4v) is 7.79. The molecule has 2 aromatic heterocycles. The lowest BCUT2D eigenvalue weighted by Crippen LogP contribution is -2.58. The molecule has 0 aliphatic rings. The third kappa shape index (κ3) is 9.05. The van der Waals surface area contributed by atoms with Gasteiger partial charge in [0.1, 0.15) is 22.6 Å². The van der Waals surface area contributed by atoms with Crippen LogP contribution in [0, 0.1) is 13.8 Å². The molecule has 0 saturated heterocycles. The van der Waals surface area contributed by atoms with Crippen molar-refractivity contribution in [2.45, 2.75) is 78.0 Å². The largest absolute Gasteiger partial charge is 0.524 e. The molecule has 0 unspecified atom stereocenters. The van der Waals surface area contributed by atoms with Gasteiger partial charge < -0.3 is 24.3 Å². The van der Waals surface area contributed by atoms with Gasteiger partial charge in [-0.25, -0.2) is 9.36 Å². The number of carbonyl (C=O) groups excluding carboxylic acids is 3. The predicted molar refractivity (Wildman–Crippen MR) is 213 cm³/mol. The van der Waals surface area contributed by atoms with Crippen molar-refractivity contribution in [1.82, 2.24) is 15.2 Å². The summed E-state index contributed by atoms with van der Waals surface area (Å²) in [6.07, 6.45) is 0.761. The van der Waals surface area contributed by atoms with Gasteiger partial charge in [-0.15, -0.1) is 0 Å². The third-order valence-electron chi connectivity index (χ3n) is 9.89. The highest BCUT2D eigenvalue weighted by molar-refractivity contribution is 7.46. The van der Waals surface area contributed by atoms with Crippen LogP contribution in [0.4, 0.5) is 4.79 Å². The third-order valence-corrected chi connectivity index (χ3v) is 10.3. The van der Waals surface area contributed by atoms with Gasteiger partial charge in [0, 0.05) is 40.8 Å². The second-order valence-electron chi connectivity index (χ2n) is 15.1. The molecule has 12 nitrogen and oxygen atoms in total. The van der Waals surface area contributed by atoms with Crippen LogP contribution >= 0.6 is 7.82 Å². The van der Waals surface area contributed by atoms with Crippen LogP contribution in [-0.4, -0.2) is 37.8 Å². The molecule has 0 radical (unpaired) electrons. The number of amides is 2. The molecular weight excluding hydrogens is 733 g/mol. The number of phosphoric ester groups is 1. The van der Waals surface area contributed by atoms with Crippen molar-refractivity contribution in [2.75, 3.05) is 0 Å². The Labute approximate surface area is 325 Å². The molecule has 2 atom stereocenters. The van der Waals surface area contributed by atoms with E-state index in [1.54, 1.807) is 44.3 Å². The van der Waals surface area contributed by atoms with Gasteiger partial charge in [-0.05, 0) is 74.2 Å².